The summed E-state index contributed by atoms with van der Waals surface area (Å²) in [5, 5.41) is 4.13. The molecule has 1 fully saturated rings. The van der Waals surface area contributed by atoms with Gasteiger partial charge in [-0.05, 0) is 37.3 Å². The summed E-state index contributed by atoms with van der Waals surface area (Å²) in [7, 11) is 0. The Bertz CT molecular complexity index is 636. The van der Waals surface area contributed by atoms with Crippen LogP contribution in [0.2, 0.25) is 0 Å². The zero-order chi connectivity index (χ0) is 16.4. The van der Waals surface area contributed by atoms with Crippen molar-refractivity contribution in [2.24, 2.45) is 11.8 Å². The second kappa shape index (κ2) is 6.75. The molecule has 0 bridgehead atoms. The van der Waals surface area contributed by atoms with Crippen LogP contribution in [0.25, 0.3) is 11.0 Å². The Morgan fingerprint density at radius 1 is 1.30 bits per heavy atom. The Hall–Kier alpha value is -1.81. The number of hydrogen-bond acceptors (Lipinski definition) is 3. The highest BCUT2D eigenvalue weighted by Crippen LogP contribution is 2.24. The van der Waals surface area contributed by atoms with Gasteiger partial charge in [0.1, 0.15) is 11.3 Å². The molecular formula is C19H26N2O2. The minimum absolute atomic E-state index is 0.0688. The lowest BCUT2D eigenvalue weighted by Gasteiger charge is -2.34. The fourth-order valence-corrected chi connectivity index (χ4v) is 3.70. The molecule has 1 aliphatic rings. The summed E-state index contributed by atoms with van der Waals surface area (Å²) in [4.78, 5) is 14.6. The van der Waals surface area contributed by atoms with E-state index in [0.29, 0.717) is 18.4 Å². The lowest BCUT2D eigenvalue weighted by atomic mass is 9.92. The quantitative estimate of drug-likeness (QED) is 0.938. The minimum Gasteiger partial charge on any atom is -0.459 e. The standard InChI is InChI=1S/C19H26N2O2/c1-13-8-14(2)11-21(10-13)12-19(22)20-15(3)18-9-16-6-4-5-7-17(16)23-18/h4-7,9,13-15H,8,10-12H2,1-3H3,(H,20,22)/t13-,14+,15-/m1/s1. The molecule has 3 rings (SSSR count). The maximum atomic E-state index is 12.3. The van der Waals surface area contributed by atoms with Gasteiger partial charge in [-0.25, -0.2) is 0 Å². The molecule has 1 saturated heterocycles. The molecule has 1 N–H and O–H groups in total. The van der Waals surface area contributed by atoms with Crippen LogP contribution < -0.4 is 5.32 Å². The second-order valence-electron chi connectivity index (χ2n) is 7.12. The highest BCUT2D eigenvalue weighted by Gasteiger charge is 2.24. The number of hydrogen-bond donors (Lipinski definition) is 1. The minimum atomic E-state index is -0.116. The fourth-order valence-electron chi connectivity index (χ4n) is 3.70. The van der Waals surface area contributed by atoms with Crippen LogP contribution in [0.3, 0.4) is 0 Å². The monoisotopic (exact) mass is 314 g/mol. The van der Waals surface area contributed by atoms with E-state index in [4.69, 9.17) is 4.42 Å². The van der Waals surface area contributed by atoms with E-state index in [2.05, 4.69) is 24.1 Å². The number of para-hydroxylation sites is 1. The van der Waals surface area contributed by atoms with Crippen LogP contribution in [0.5, 0.6) is 0 Å². The van der Waals surface area contributed by atoms with E-state index in [1.807, 2.05) is 37.3 Å². The fraction of sp³-hybridized carbons (Fsp3) is 0.526. The van der Waals surface area contributed by atoms with Crippen molar-refractivity contribution in [1.29, 1.82) is 0 Å². The van der Waals surface area contributed by atoms with Crippen LogP contribution in [0.4, 0.5) is 0 Å². The third-order valence-corrected chi connectivity index (χ3v) is 4.56. The molecule has 0 spiro atoms. The molecule has 0 saturated carbocycles. The molecule has 23 heavy (non-hydrogen) atoms. The molecule has 1 aliphatic heterocycles. The Morgan fingerprint density at radius 2 is 2.00 bits per heavy atom. The summed E-state index contributed by atoms with van der Waals surface area (Å²) in [6.45, 7) is 8.99. The van der Waals surface area contributed by atoms with Crippen molar-refractivity contribution < 1.29 is 9.21 Å². The number of carbonyl (C=O) groups is 1. The van der Waals surface area contributed by atoms with E-state index in [0.717, 1.165) is 29.8 Å². The number of furan rings is 1. The number of piperidine rings is 1. The van der Waals surface area contributed by atoms with Gasteiger partial charge >= 0.3 is 0 Å². The number of carbonyl (C=O) groups excluding carboxylic acids is 1. The normalized spacial score (nSPS) is 23.8. The lowest BCUT2D eigenvalue weighted by Crippen LogP contribution is -2.44. The van der Waals surface area contributed by atoms with Gasteiger partial charge in [0.15, 0.2) is 0 Å². The van der Waals surface area contributed by atoms with Crippen molar-refractivity contribution >= 4 is 16.9 Å². The smallest absolute Gasteiger partial charge is 0.234 e. The number of fused-ring (bicyclic) bond motifs is 1. The van der Waals surface area contributed by atoms with Crippen LogP contribution in [-0.2, 0) is 4.79 Å². The van der Waals surface area contributed by atoms with Crippen molar-refractivity contribution in [2.75, 3.05) is 19.6 Å². The van der Waals surface area contributed by atoms with Gasteiger partial charge in [-0.2, -0.15) is 0 Å². The van der Waals surface area contributed by atoms with Crippen LogP contribution in [-0.4, -0.2) is 30.4 Å². The van der Waals surface area contributed by atoms with Gasteiger partial charge in [-0.3, -0.25) is 9.69 Å². The first kappa shape index (κ1) is 16.1. The number of nitrogens with one attached hydrogen (secondary N) is 1. The van der Waals surface area contributed by atoms with Gasteiger partial charge in [0.25, 0.3) is 0 Å². The van der Waals surface area contributed by atoms with E-state index in [1.54, 1.807) is 0 Å². The number of nitrogens with zero attached hydrogens (tertiary/aromatic N) is 1. The Morgan fingerprint density at radius 3 is 2.70 bits per heavy atom. The van der Waals surface area contributed by atoms with Crippen molar-refractivity contribution in [3.05, 3.63) is 36.1 Å². The van der Waals surface area contributed by atoms with E-state index in [1.165, 1.54) is 6.42 Å². The first-order valence-corrected chi connectivity index (χ1v) is 8.51. The molecule has 1 amide bonds. The molecular weight excluding hydrogens is 288 g/mol. The topological polar surface area (TPSA) is 45.5 Å². The van der Waals surface area contributed by atoms with Crippen molar-refractivity contribution in [3.63, 3.8) is 0 Å². The van der Waals surface area contributed by atoms with Crippen LogP contribution in [0.1, 0.15) is 39.0 Å². The summed E-state index contributed by atoms with van der Waals surface area (Å²) in [5.74, 6) is 2.21. The Labute approximate surface area is 137 Å². The average molecular weight is 314 g/mol. The number of amides is 1. The predicted molar refractivity (Wildman–Crippen MR) is 92.2 cm³/mol. The zero-order valence-corrected chi connectivity index (χ0v) is 14.2. The van der Waals surface area contributed by atoms with Gasteiger partial charge < -0.3 is 9.73 Å². The highest BCUT2D eigenvalue weighted by molar-refractivity contribution is 5.80. The Balaban J connectivity index is 1.58. The van der Waals surface area contributed by atoms with Gasteiger partial charge in [0.2, 0.25) is 5.91 Å². The van der Waals surface area contributed by atoms with Crippen LogP contribution in [0.15, 0.2) is 34.7 Å². The van der Waals surface area contributed by atoms with Gasteiger partial charge in [-0.15, -0.1) is 0 Å². The predicted octanol–water partition coefficient (Wildman–Crippen LogP) is 3.59. The first-order valence-electron chi connectivity index (χ1n) is 8.51. The third-order valence-electron chi connectivity index (χ3n) is 4.56. The highest BCUT2D eigenvalue weighted by atomic mass is 16.3. The van der Waals surface area contributed by atoms with Gasteiger partial charge in [-0.1, -0.05) is 32.0 Å². The molecule has 1 aromatic carbocycles. The molecule has 124 valence electrons. The maximum absolute atomic E-state index is 12.3. The van der Waals surface area contributed by atoms with Crippen LogP contribution in [0, 0.1) is 11.8 Å². The number of benzene rings is 1. The first-order chi connectivity index (χ1) is 11.0. The maximum Gasteiger partial charge on any atom is 0.234 e. The summed E-state index contributed by atoms with van der Waals surface area (Å²) in [6.07, 6.45) is 1.26. The molecule has 3 atom stereocenters. The molecule has 0 aliphatic carbocycles. The third kappa shape index (κ3) is 3.94. The molecule has 2 aromatic rings. The van der Waals surface area contributed by atoms with Crippen LogP contribution >= 0.6 is 0 Å². The van der Waals surface area contributed by atoms with Crippen molar-refractivity contribution in [1.82, 2.24) is 10.2 Å². The van der Waals surface area contributed by atoms with E-state index < -0.39 is 0 Å². The van der Waals surface area contributed by atoms with Gasteiger partial charge in [0.05, 0.1) is 12.6 Å². The van der Waals surface area contributed by atoms with Crippen molar-refractivity contribution in [2.45, 2.75) is 33.2 Å². The average Bonchev–Trinajstić information content (AvgIpc) is 2.89. The largest absolute Gasteiger partial charge is 0.459 e. The summed E-state index contributed by atoms with van der Waals surface area (Å²) < 4.78 is 5.83. The van der Waals surface area contributed by atoms with E-state index >= 15 is 0 Å². The lowest BCUT2D eigenvalue weighted by molar-refractivity contribution is -0.123. The summed E-state index contributed by atoms with van der Waals surface area (Å²) in [5.41, 5.74) is 0.863. The van der Waals surface area contributed by atoms with Gasteiger partial charge in [0, 0.05) is 18.5 Å². The SMILES string of the molecule is C[C@@H]1C[C@H](C)CN(CC(=O)N[C@H](C)c2cc3ccccc3o2)C1. The Kier molecular flexibility index (Phi) is 4.71. The molecule has 0 unspecified atom stereocenters. The number of rotatable bonds is 4. The van der Waals surface area contributed by atoms with E-state index in [-0.39, 0.29) is 11.9 Å². The van der Waals surface area contributed by atoms with E-state index in [9.17, 15) is 4.79 Å². The number of likely N-dealkylation sites (tertiary alicyclic amines) is 1. The molecule has 4 heteroatoms. The molecule has 2 heterocycles. The second-order valence-corrected chi connectivity index (χ2v) is 7.12. The molecule has 0 radical (unpaired) electrons. The molecule has 4 nitrogen and oxygen atoms in total. The summed E-state index contributed by atoms with van der Waals surface area (Å²) >= 11 is 0. The van der Waals surface area contributed by atoms with Crippen molar-refractivity contribution in [3.8, 4) is 0 Å². The zero-order valence-electron chi connectivity index (χ0n) is 14.2. The summed E-state index contributed by atoms with van der Waals surface area (Å²) in [6, 6.07) is 9.80. The molecule has 1 aromatic heterocycles.